The summed E-state index contributed by atoms with van der Waals surface area (Å²) < 4.78 is 15.7. The summed E-state index contributed by atoms with van der Waals surface area (Å²) in [6.07, 6.45) is 2.63. The lowest BCUT2D eigenvalue weighted by Gasteiger charge is -2.22. The zero-order chi connectivity index (χ0) is 18.4. The molecule has 0 aliphatic carbocycles. The van der Waals surface area contributed by atoms with Gasteiger partial charge in [-0.1, -0.05) is 5.16 Å². The number of methoxy groups -OCH3 is 2. The molecule has 27 heavy (non-hydrogen) atoms. The Bertz CT molecular complexity index is 714. The Balaban J connectivity index is 0.00000261. The third-order valence-electron chi connectivity index (χ3n) is 4.55. The van der Waals surface area contributed by atoms with Crippen LogP contribution in [0.2, 0.25) is 0 Å². The summed E-state index contributed by atoms with van der Waals surface area (Å²) in [6.45, 7) is 5.26. The first-order valence-corrected chi connectivity index (χ1v) is 8.89. The van der Waals surface area contributed by atoms with E-state index in [-0.39, 0.29) is 24.0 Å². The minimum Gasteiger partial charge on any atom is -0.497 e. The fourth-order valence-corrected chi connectivity index (χ4v) is 3.19. The maximum absolute atomic E-state index is 5.40. The van der Waals surface area contributed by atoms with Crippen LogP contribution in [0.1, 0.15) is 30.5 Å². The second kappa shape index (κ2) is 10.4. The van der Waals surface area contributed by atoms with Gasteiger partial charge < -0.3 is 24.2 Å². The molecule has 1 aromatic heterocycles. The molecule has 2 aromatic rings. The predicted molar refractivity (Wildman–Crippen MR) is 115 cm³/mol. The Labute approximate surface area is 177 Å². The van der Waals surface area contributed by atoms with Crippen LogP contribution in [0.15, 0.2) is 40.0 Å². The maximum Gasteiger partial charge on any atom is 0.194 e. The first kappa shape index (κ1) is 21.3. The zero-order valence-electron chi connectivity index (χ0n) is 16.0. The molecule has 0 amide bonds. The molecule has 7 nitrogen and oxygen atoms in total. The number of nitrogens with one attached hydrogen (secondary N) is 1. The van der Waals surface area contributed by atoms with Gasteiger partial charge in [-0.3, -0.25) is 0 Å². The van der Waals surface area contributed by atoms with E-state index < -0.39 is 0 Å². The summed E-state index contributed by atoms with van der Waals surface area (Å²) in [5.41, 5.74) is 2.06. The molecule has 1 unspecified atom stereocenters. The summed E-state index contributed by atoms with van der Waals surface area (Å²) in [4.78, 5) is 6.98. The smallest absolute Gasteiger partial charge is 0.194 e. The minimum atomic E-state index is 0. The quantitative estimate of drug-likeness (QED) is 0.384. The van der Waals surface area contributed by atoms with Crippen molar-refractivity contribution in [2.24, 2.45) is 4.99 Å². The number of aliphatic imine (C=N–C) groups is 1. The van der Waals surface area contributed by atoms with Gasteiger partial charge in [0.25, 0.3) is 0 Å². The van der Waals surface area contributed by atoms with E-state index in [0.29, 0.717) is 12.5 Å². The molecule has 0 saturated carbocycles. The third-order valence-corrected chi connectivity index (χ3v) is 4.55. The molecule has 1 fully saturated rings. The topological polar surface area (TPSA) is 72.1 Å². The van der Waals surface area contributed by atoms with Crippen molar-refractivity contribution >= 4 is 29.9 Å². The van der Waals surface area contributed by atoms with Crippen molar-refractivity contribution in [2.75, 3.05) is 33.9 Å². The van der Waals surface area contributed by atoms with Gasteiger partial charge in [0.15, 0.2) is 5.96 Å². The maximum atomic E-state index is 5.40. The van der Waals surface area contributed by atoms with Crippen LogP contribution in [-0.2, 0) is 6.54 Å². The van der Waals surface area contributed by atoms with Gasteiger partial charge in [0.1, 0.15) is 23.5 Å². The number of guanidine groups is 1. The number of rotatable bonds is 6. The molecule has 3 rings (SSSR count). The van der Waals surface area contributed by atoms with Crippen molar-refractivity contribution in [1.82, 2.24) is 15.4 Å². The van der Waals surface area contributed by atoms with Gasteiger partial charge in [-0.05, 0) is 31.0 Å². The predicted octanol–water partition coefficient (Wildman–Crippen LogP) is 3.26. The fourth-order valence-electron chi connectivity index (χ4n) is 3.19. The average molecular weight is 486 g/mol. The van der Waals surface area contributed by atoms with Gasteiger partial charge >= 0.3 is 0 Å². The van der Waals surface area contributed by atoms with Crippen LogP contribution in [0.5, 0.6) is 11.5 Å². The standard InChI is InChI=1S/C19H26N4O3.HI/c1-4-20-19(21-12-16-6-8-26-22-16)23-7-5-14(13-23)15-9-17(24-2)11-18(10-15)25-3;/h6,8-11,14H,4-5,7,12-13H2,1-3H3,(H,20,21);1H. The lowest BCUT2D eigenvalue weighted by molar-refractivity contribution is 0.392. The molecule has 1 N–H and O–H groups in total. The summed E-state index contributed by atoms with van der Waals surface area (Å²) in [6, 6.07) is 7.92. The Hall–Kier alpha value is -1.97. The largest absolute Gasteiger partial charge is 0.497 e. The van der Waals surface area contributed by atoms with Gasteiger partial charge in [-0.25, -0.2) is 4.99 Å². The van der Waals surface area contributed by atoms with E-state index in [1.165, 1.54) is 5.56 Å². The number of halogens is 1. The number of aromatic nitrogens is 1. The highest BCUT2D eigenvalue weighted by molar-refractivity contribution is 14.0. The van der Waals surface area contributed by atoms with Gasteiger partial charge in [-0.2, -0.15) is 0 Å². The number of nitrogens with zero attached hydrogens (tertiary/aromatic N) is 3. The van der Waals surface area contributed by atoms with E-state index in [1.807, 2.05) is 12.1 Å². The molecular formula is C19H27IN4O3. The number of hydrogen-bond donors (Lipinski definition) is 1. The highest BCUT2D eigenvalue weighted by atomic mass is 127. The van der Waals surface area contributed by atoms with Crippen molar-refractivity contribution < 1.29 is 14.0 Å². The molecule has 1 aromatic carbocycles. The normalized spacial score (nSPS) is 16.8. The van der Waals surface area contributed by atoms with Crippen LogP contribution < -0.4 is 14.8 Å². The molecule has 0 bridgehead atoms. The third kappa shape index (κ3) is 5.50. The summed E-state index contributed by atoms with van der Waals surface area (Å²) in [7, 11) is 3.36. The van der Waals surface area contributed by atoms with E-state index >= 15 is 0 Å². The summed E-state index contributed by atoms with van der Waals surface area (Å²) >= 11 is 0. The van der Waals surface area contributed by atoms with Crippen LogP contribution in [0, 0.1) is 0 Å². The van der Waals surface area contributed by atoms with E-state index in [9.17, 15) is 0 Å². The van der Waals surface area contributed by atoms with E-state index in [1.54, 1.807) is 20.5 Å². The molecule has 8 heteroatoms. The zero-order valence-corrected chi connectivity index (χ0v) is 18.3. The monoisotopic (exact) mass is 486 g/mol. The number of benzene rings is 1. The second-order valence-corrected chi connectivity index (χ2v) is 6.24. The molecular weight excluding hydrogens is 459 g/mol. The Kier molecular flexibility index (Phi) is 8.21. The van der Waals surface area contributed by atoms with Gasteiger partial charge in [0.2, 0.25) is 0 Å². The Morgan fingerprint density at radius 2 is 2.04 bits per heavy atom. The van der Waals surface area contributed by atoms with Crippen molar-refractivity contribution in [2.45, 2.75) is 25.8 Å². The van der Waals surface area contributed by atoms with Crippen LogP contribution in [0.3, 0.4) is 0 Å². The van der Waals surface area contributed by atoms with Crippen LogP contribution in [0.4, 0.5) is 0 Å². The first-order valence-electron chi connectivity index (χ1n) is 8.89. The highest BCUT2D eigenvalue weighted by Crippen LogP contribution is 2.32. The molecule has 1 aliphatic heterocycles. The van der Waals surface area contributed by atoms with Gasteiger partial charge in [0, 0.05) is 37.7 Å². The lowest BCUT2D eigenvalue weighted by Crippen LogP contribution is -2.40. The fraction of sp³-hybridized carbons (Fsp3) is 0.474. The second-order valence-electron chi connectivity index (χ2n) is 6.24. The first-order chi connectivity index (χ1) is 12.7. The minimum absolute atomic E-state index is 0. The van der Waals surface area contributed by atoms with E-state index in [0.717, 1.165) is 49.2 Å². The Morgan fingerprint density at radius 1 is 1.30 bits per heavy atom. The molecule has 0 spiro atoms. The lowest BCUT2D eigenvalue weighted by atomic mass is 9.98. The van der Waals surface area contributed by atoms with Crippen molar-refractivity contribution in [3.05, 3.63) is 41.8 Å². The van der Waals surface area contributed by atoms with E-state index in [2.05, 4.69) is 34.4 Å². The summed E-state index contributed by atoms with van der Waals surface area (Å²) in [5.74, 6) is 2.97. The van der Waals surface area contributed by atoms with Crippen molar-refractivity contribution in [3.8, 4) is 11.5 Å². The van der Waals surface area contributed by atoms with Crippen molar-refractivity contribution in [3.63, 3.8) is 0 Å². The Morgan fingerprint density at radius 3 is 2.63 bits per heavy atom. The average Bonchev–Trinajstić information content (AvgIpc) is 3.36. The molecule has 148 valence electrons. The molecule has 1 saturated heterocycles. The molecule has 0 radical (unpaired) electrons. The summed E-state index contributed by atoms with van der Waals surface area (Å²) in [5, 5.41) is 7.29. The van der Waals surface area contributed by atoms with Crippen LogP contribution in [0.25, 0.3) is 0 Å². The van der Waals surface area contributed by atoms with Crippen molar-refractivity contribution in [1.29, 1.82) is 0 Å². The van der Waals surface area contributed by atoms with Gasteiger partial charge in [0.05, 0.1) is 20.8 Å². The van der Waals surface area contributed by atoms with Crippen LogP contribution in [-0.4, -0.2) is 49.9 Å². The number of ether oxygens (including phenoxy) is 2. The SMILES string of the molecule is CCNC(=NCc1ccon1)N1CCC(c2cc(OC)cc(OC)c2)C1.I. The van der Waals surface area contributed by atoms with Crippen LogP contribution >= 0.6 is 24.0 Å². The highest BCUT2D eigenvalue weighted by Gasteiger charge is 2.27. The molecule has 1 aliphatic rings. The van der Waals surface area contributed by atoms with Gasteiger partial charge in [-0.15, -0.1) is 24.0 Å². The molecule has 2 heterocycles. The number of likely N-dealkylation sites (tertiary alicyclic amines) is 1. The number of hydrogen-bond acceptors (Lipinski definition) is 5. The van der Waals surface area contributed by atoms with E-state index in [4.69, 9.17) is 19.0 Å². The molecule has 1 atom stereocenters.